The number of aromatic amines is 2. The number of nitrogens with one attached hydrogen (secondary N) is 3. The van der Waals surface area contributed by atoms with Gasteiger partial charge in [-0.05, 0) is 59.1 Å². The Morgan fingerprint density at radius 1 is 0.618 bits per heavy atom. The van der Waals surface area contributed by atoms with Gasteiger partial charge in [-0.1, -0.05) is 109 Å². The van der Waals surface area contributed by atoms with Gasteiger partial charge in [-0.15, -0.1) is 0 Å². The summed E-state index contributed by atoms with van der Waals surface area (Å²) in [6.45, 7) is 1.09. The fourth-order valence-electron chi connectivity index (χ4n) is 7.78. The Morgan fingerprint density at radius 2 is 1.05 bits per heavy atom. The summed E-state index contributed by atoms with van der Waals surface area (Å²) in [6.07, 6.45) is 4.22. The average molecular weight is 736 g/mol. The Kier molecular flexibility index (Phi) is 9.97. The molecule has 0 aliphatic carbocycles. The van der Waals surface area contributed by atoms with E-state index in [-0.39, 0.29) is 23.9 Å². The number of benzene rings is 4. The van der Waals surface area contributed by atoms with Gasteiger partial charge in [-0.3, -0.25) is 9.59 Å². The van der Waals surface area contributed by atoms with E-state index in [0.29, 0.717) is 35.9 Å². The fourth-order valence-corrected chi connectivity index (χ4v) is 7.78. The van der Waals surface area contributed by atoms with Crippen molar-refractivity contribution in [2.75, 3.05) is 13.1 Å². The van der Waals surface area contributed by atoms with Crippen molar-refractivity contribution in [1.29, 1.82) is 0 Å². The summed E-state index contributed by atoms with van der Waals surface area (Å²) in [4.78, 5) is 58.1. The van der Waals surface area contributed by atoms with Crippen molar-refractivity contribution >= 4 is 17.9 Å². The third kappa shape index (κ3) is 7.36. The lowest BCUT2D eigenvalue weighted by Crippen LogP contribution is -2.42. The molecule has 2 saturated heterocycles. The molecule has 0 radical (unpaired) electrons. The van der Waals surface area contributed by atoms with Crippen LogP contribution >= 0.6 is 0 Å². The van der Waals surface area contributed by atoms with Crippen LogP contribution < -0.4 is 5.32 Å². The van der Waals surface area contributed by atoms with Gasteiger partial charge in [0.1, 0.15) is 17.7 Å². The van der Waals surface area contributed by atoms with Crippen LogP contribution in [0.3, 0.4) is 0 Å². The molecule has 3 amide bonds. The third-order valence-electron chi connectivity index (χ3n) is 10.6. The summed E-state index contributed by atoms with van der Waals surface area (Å²) < 4.78 is 0. The number of hydrogen-bond acceptors (Lipinski definition) is 6. The quantitative estimate of drug-likeness (QED) is 0.0992. The number of carbonyl (C=O) groups is 3. The van der Waals surface area contributed by atoms with Gasteiger partial charge in [0.15, 0.2) is 6.10 Å². The second-order valence-electron chi connectivity index (χ2n) is 14.0. The molecular weight excluding hydrogens is 695 g/mol. The van der Waals surface area contributed by atoms with Crippen LogP contribution in [0.4, 0.5) is 4.79 Å². The van der Waals surface area contributed by atoms with Crippen molar-refractivity contribution in [2.24, 2.45) is 0 Å². The first-order valence-electron chi connectivity index (χ1n) is 18.5. The number of hydrogen-bond donors (Lipinski definition) is 5. The minimum absolute atomic E-state index is 0.226. The van der Waals surface area contributed by atoms with Crippen molar-refractivity contribution in [3.63, 3.8) is 0 Å². The molecule has 2 aliphatic rings. The summed E-state index contributed by atoms with van der Waals surface area (Å²) in [5.41, 5.74) is 6.86. The highest BCUT2D eigenvalue weighted by Crippen LogP contribution is 2.36. The predicted octanol–water partition coefficient (Wildman–Crippen LogP) is 7.20. The minimum Gasteiger partial charge on any atom is -0.465 e. The summed E-state index contributed by atoms with van der Waals surface area (Å²) in [7, 11) is 0. The second kappa shape index (κ2) is 15.4. The van der Waals surface area contributed by atoms with Gasteiger partial charge in [0.05, 0.1) is 35.9 Å². The molecule has 12 nitrogen and oxygen atoms in total. The molecule has 4 aromatic carbocycles. The van der Waals surface area contributed by atoms with Crippen molar-refractivity contribution in [3.8, 4) is 33.6 Å². The maximum absolute atomic E-state index is 13.7. The molecule has 2 fully saturated rings. The van der Waals surface area contributed by atoms with Crippen LogP contribution in [-0.4, -0.2) is 70.9 Å². The number of aliphatic hydroxyl groups is 1. The van der Waals surface area contributed by atoms with E-state index in [2.05, 4.69) is 49.5 Å². The highest BCUT2D eigenvalue weighted by atomic mass is 16.4. The number of carbonyl (C=O) groups excluding carboxylic acids is 2. The van der Waals surface area contributed by atoms with Gasteiger partial charge in [-0.2, -0.15) is 0 Å². The number of imidazole rings is 2. The number of aliphatic hydroxyl groups excluding tert-OH is 1. The van der Waals surface area contributed by atoms with E-state index in [1.807, 2.05) is 48.5 Å². The topological polar surface area (TPSA) is 168 Å². The van der Waals surface area contributed by atoms with Gasteiger partial charge in [0, 0.05) is 13.1 Å². The zero-order valence-electron chi connectivity index (χ0n) is 30.0. The highest BCUT2D eigenvalue weighted by molar-refractivity contribution is 5.87. The molecule has 4 atom stereocenters. The maximum Gasteiger partial charge on any atom is 0.405 e. The first kappa shape index (κ1) is 35.5. The van der Waals surface area contributed by atoms with Crippen LogP contribution in [0, 0.1) is 0 Å². The van der Waals surface area contributed by atoms with E-state index >= 15 is 0 Å². The van der Waals surface area contributed by atoms with Gasteiger partial charge in [-0.25, -0.2) is 14.8 Å². The van der Waals surface area contributed by atoms with E-state index in [9.17, 15) is 24.6 Å². The zero-order chi connectivity index (χ0) is 37.9. The molecule has 5 N–H and O–H groups in total. The van der Waals surface area contributed by atoms with Crippen LogP contribution in [-0.2, 0) is 9.59 Å². The largest absolute Gasteiger partial charge is 0.465 e. The van der Waals surface area contributed by atoms with Crippen LogP contribution in [0.1, 0.15) is 72.7 Å². The Balaban J connectivity index is 0.925. The number of aromatic nitrogens is 4. The Labute approximate surface area is 317 Å². The molecule has 12 heteroatoms. The molecule has 0 unspecified atom stereocenters. The van der Waals surface area contributed by atoms with Gasteiger partial charge < -0.3 is 35.3 Å². The molecule has 278 valence electrons. The monoisotopic (exact) mass is 735 g/mol. The normalized spacial score (nSPS) is 17.9. The average Bonchev–Trinajstić information content (AvgIpc) is 4.07. The predicted molar refractivity (Wildman–Crippen MR) is 206 cm³/mol. The van der Waals surface area contributed by atoms with Gasteiger partial charge >= 0.3 is 6.09 Å². The second-order valence-corrected chi connectivity index (χ2v) is 14.0. The van der Waals surface area contributed by atoms with E-state index in [1.165, 1.54) is 0 Å². The number of carboxylic acid groups (broad SMARTS) is 1. The van der Waals surface area contributed by atoms with E-state index in [1.54, 1.807) is 58.6 Å². The molecule has 2 aromatic heterocycles. The number of amides is 3. The third-order valence-corrected chi connectivity index (χ3v) is 10.6. The zero-order valence-corrected chi connectivity index (χ0v) is 30.0. The van der Waals surface area contributed by atoms with E-state index in [4.69, 9.17) is 0 Å². The van der Waals surface area contributed by atoms with E-state index in [0.717, 1.165) is 59.3 Å². The van der Waals surface area contributed by atoms with Crippen LogP contribution in [0.2, 0.25) is 0 Å². The lowest BCUT2D eigenvalue weighted by Gasteiger charge is -2.28. The maximum atomic E-state index is 13.7. The van der Waals surface area contributed by atoms with Crippen molar-refractivity contribution in [1.82, 2.24) is 35.1 Å². The van der Waals surface area contributed by atoms with Crippen LogP contribution in [0.5, 0.6) is 0 Å². The molecule has 4 heterocycles. The lowest BCUT2D eigenvalue weighted by atomic mass is 10.0. The molecule has 8 rings (SSSR count). The highest BCUT2D eigenvalue weighted by Gasteiger charge is 2.37. The molecule has 0 spiro atoms. The molecule has 0 bridgehead atoms. The number of likely N-dealkylation sites (tertiary alicyclic amines) is 2. The standard InChI is InChI=1S/C43H41N7O5/c51-38(32-11-5-2-6-12-32)42(53)50-24-8-14-36(50)40-45-26-34(47-40)30-21-17-28(18-22-30)27-15-19-29(20-16-27)33-25-44-39(46-33)35-13-7-23-49(35)41(52)37(48-43(54)55)31-9-3-1-4-10-31/h1-6,9-12,15-22,25-26,35-38,48,51H,7-8,13-14,23-24H2,(H,44,46)(H,45,47)(H,54,55)/t35-,36-,37+,38+/m0/s1. The fraction of sp³-hybridized carbons (Fsp3) is 0.233. The summed E-state index contributed by atoms with van der Waals surface area (Å²) in [5, 5.41) is 22.6. The van der Waals surface area contributed by atoms with Crippen molar-refractivity contribution in [2.45, 2.75) is 49.9 Å². The Hall–Kier alpha value is -6.53. The number of rotatable bonds is 10. The number of H-pyrrole nitrogens is 2. The SMILES string of the molecule is O=C(O)N[C@@H](C(=O)N1CCC[C@H]1c1ncc(-c2ccc(-c3ccc(-c4cnc([C@@H]5CCCN5C(=O)[C@H](O)c5ccccc5)[nH]4)cc3)cc2)[nH]1)c1ccccc1. The molecule has 0 saturated carbocycles. The molecule has 55 heavy (non-hydrogen) atoms. The summed E-state index contributed by atoms with van der Waals surface area (Å²) in [6, 6.07) is 32.8. The van der Waals surface area contributed by atoms with Crippen LogP contribution in [0.15, 0.2) is 122 Å². The lowest BCUT2D eigenvalue weighted by molar-refractivity contribution is -0.141. The van der Waals surface area contributed by atoms with Gasteiger partial charge in [0.25, 0.3) is 11.8 Å². The van der Waals surface area contributed by atoms with E-state index < -0.39 is 18.2 Å². The Bertz CT molecular complexity index is 2270. The molecule has 6 aromatic rings. The van der Waals surface area contributed by atoms with Crippen LogP contribution in [0.25, 0.3) is 33.6 Å². The number of nitrogens with zero attached hydrogens (tertiary/aromatic N) is 4. The molecule has 2 aliphatic heterocycles. The smallest absolute Gasteiger partial charge is 0.405 e. The summed E-state index contributed by atoms with van der Waals surface area (Å²) >= 11 is 0. The minimum atomic E-state index is -1.26. The Morgan fingerprint density at radius 3 is 1.53 bits per heavy atom. The molecular formula is C43H41N7O5. The van der Waals surface area contributed by atoms with Gasteiger partial charge in [0.2, 0.25) is 0 Å². The van der Waals surface area contributed by atoms with Crippen molar-refractivity contribution in [3.05, 3.63) is 144 Å². The first-order chi connectivity index (χ1) is 26.8. The van der Waals surface area contributed by atoms with Crippen molar-refractivity contribution < 1.29 is 24.6 Å². The summed E-state index contributed by atoms with van der Waals surface area (Å²) in [5.74, 6) is 0.764. The first-order valence-corrected chi connectivity index (χ1v) is 18.5.